The van der Waals surface area contributed by atoms with Crippen molar-refractivity contribution in [2.24, 2.45) is 10.9 Å². The number of benzene rings is 1. The molecule has 1 fully saturated rings. The highest BCUT2D eigenvalue weighted by atomic mass is 16.5. The molecule has 156 valence electrons. The third-order valence-corrected chi connectivity index (χ3v) is 4.86. The van der Waals surface area contributed by atoms with Gasteiger partial charge in [0.05, 0.1) is 20.3 Å². The van der Waals surface area contributed by atoms with E-state index in [4.69, 9.17) is 14.2 Å². The second-order valence-corrected chi connectivity index (χ2v) is 7.14. The molecule has 1 aromatic heterocycles. The smallest absolute Gasteiger partial charge is 0.213 e. The predicted molar refractivity (Wildman–Crippen MR) is 113 cm³/mol. The summed E-state index contributed by atoms with van der Waals surface area (Å²) in [6, 6.07) is 10.1. The first-order valence-corrected chi connectivity index (χ1v) is 9.91. The fraction of sp³-hybridized carbons (Fsp3) is 0.455. The Morgan fingerprint density at radius 3 is 2.86 bits per heavy atom. The Balaban J connectivity index is 1.55. The molecule has 0 radical (unpaired) electrons. The van der Waals surface area contributed by atoms with Gasteiger partial charge in [-0.1, -0.05) is 12.1 Å². The molecule has 1 aromatic carbocycles. The molecule has 7 nitrogen and oxygen atoms in total. The Labute approximate surface area is 172 Å². The molecule has 2 aromatic rings. The Morgan fingerprint density at radius 1 is 1.24 bits per heavy atom. The number of hydrogen-bond acceptors (Lipinski definition) is 5. The summed E-state index contributed by atoms with van der Waals surface area (Å²) in [6.07, 6.45) is 2.80. The maximum atomic E-state index is 6.12. The Hall–Kier alpha value is -2.80. The van der Waals surface area contributed by atoms with Crippen LogP contribution in [0.5, 0.6) is 11.6 Å². The van der Waals surface area contributed by atoms with Crippen LogP contribution in [0.2, 0.25) is 0 Å². The predicted octanol–water partition coefficient (Wildman–Crippen LogP) is 2.68. The van der Waals surface area contributed by atoms with Crippen molar-refractivity contribution in [2.45, 2.75) is 26.4 Å². The van der Waals surface area contributed by atoms with Crippen molar-refractivity contribution >= 4 is 5.96 Å². The van der Waals surface area contributed by atoms with Crippen LogP contribution in [0.3, 0.4) is 0 Å². The first kappa shape index (κ1) is 20.9. The lowest BCUT2D eigenvalue weighted by Crippen LogP contribution is -2.36. The number of aliphatic imine (C=N–C) groups is 1. The fourth-order valence-corrected chi connectivity index (χ4v) is 3.12. The summed E-state index contributed by atoms with van der Waals surface area (Å²) in [5.74, 6) is 2.71. The molecule has 0 aliphatic carbocycles. The number of aromatic nitrogens is 1. The molecule has 1 unspecified atom stereocenters. The van der Waals surface area contributed by atoms with Crippen molar-refractivity contribution in [3.63, 3.8) is 0 Å². The van der Waals surface area contributed by atoms with Gasteiger partial charge in [-0.05, 0) is 36.6 Å². The first-order chi connectivity index (χ1) is 14.2. The molecule has 2 N–H and O–H groups in total. The van der Waals surface area contributed by atoms with Gasteiger partial charge in [-0.2, -0.15) is 0 Å². The molecule has 1 saturated heterocycles. The van der Waals surface area contributed by atoms with Crippen LogP contribution in [0.15, 0.2) is 41.5 Å². The van der Waals surface area contributed by atoms with E-state index in [9.17, 15) is 0 Å². The number of pyridine rings is 1. The van der Waals surface area contributed by atoms with Crippen LogP contribution in [-0.4, -0.2) is 44.9 Å². The summed E-state index contributed by atoms with van der Waals surface area (Å²) in [5.41, 5.74) is 3.35. The minimum absolute atomic E-state index is 0.475. The standard InChI is InChI=1S/C22H30N4O3/c1-16-4-5-19(20(10-16)29-15-18-7-9-28-14-18)13-26-22(23-2)25-12-17-6-8-24-21(11-17)27-3/h4-6,8,10-11,18H,7,9,12-15H2,1-3H3,(H2,23,25,26). The SMILES string of the molecule is CN=C(NCc1ccnc(OC)c1)NCc1ccc(C)cc1OCC1CCOC1. The third kappa shape index (κ3) is 6.35. The van der Waals surface area contributed by atoms with Gasteiger partial charge >= 0.3 is 0 Å². The van der Waals surface area contributed by atoms with E-state index in [1.807, 2.05) is 12.1 Å². The van der Waals surface area contributed by atoms with Crippen LogP contribution in [0.4, 0.5) is 0 Å². The molecule has 1 aliphatic heterocycles. The minimum Gasteiger partial charge on any atom is -0.493 e. The lowest BCUT2D eigenvalue weighted by Gasteiger charge is -2.17. The van der Waals surface area contributed by atoms with Gasteiger partial charge in [-0.15, -0.1) is 0 Å². The Bertz CT molecular complexity index is 819. The van der Waals surface area contributed by atoms with Crippen molar-refractivity contribution < 1.29 is 14.2 Å². The zero-order valence-corrected chi connectivity index (χ0v) is 17.4. The number of nitrogens with one attached hydrogen (secondary N) is 2. The van der Waals surface area contributed by atoms with Gasteiger partial charge in [-0.25, -0.2) is 4.98 Å². The number of hydrogen-bond donors (Lipinski definition) is 2. The molecule has 2 heterocycles. The molecule has 1 aliphatic rings. The average Bonchev–Trinajstić information content (AvgIpc) is 3.27. The monoisotopic (exact) mass is 398 g/mol. The summed E-state index contributed by atoms with van der Waals surface area (Å²) in [6.45, 7) is 5.63. The normalized spacial score (nSPS) is 16.5. The Kier molecular flexibility index (Phi) is 7.69. The lowest BCUT2D eigenvalue weighted by atomic mass is 10.1. The first-order valence-electron chi connectivity index (χ1n) is 9.91. The lowest BCUT2D eigenvalue weighted by molar-refractivity contribution is 0.166. The van der Waals surface area contributed by atoms with Crippen molar-refractivity contribution in [3.05, 3.63) is 53.2 Å². The van der Waals surface area contributed by atoms with E-state index in [0.717, 1.165) is 42.5 Å². The summed E-state index contributed by atoms with van der Waals surface area (Å²) in [4.78, 5) is 8.43. The molecule has 7 heteroatoms. The van der Waals surface area contributed by atoms with Crippen LogP contribution >= 0.6 is 0 Å². The summed E-state index contributed by atoms with van der Waals surface area (Å²) in [7, 11) is 3.37. The van der Waals surface area contributed by atoms with Crippen molar-refractivity contribution in [1.82, 2.24) is 15.6 Å². The van der Waals surface area contributed by atoms with E-state index < -0.39 is 0 Å². The highest BCUT2D eigenvalue weighted by molar-refractivity contribution is 5.79. The zero-order valence-electron chi connectivity index (χ0n) is 17.4. The Morgan fingerprint density at radius 2 is 2.10 bits per heavy atom. The average molecular weight is 399 g/mol. The second-order valence-electron chi connectivity index (χ2n) is 7.14. The van der Waals surface area contributed by atoms with Gasteiger partial charge < -0.3 is 24.8 Å². The number of rotatable bonds is 8. The number of ether oxygens (including phenoxy) is 3. The molecule has 29 heavy (non-hydrogen) atoms. The number of nitrogens with zero attached hydrogens (tertiary/aromatic N) is 2. The molecule has 1 atom stereocenters. The van der Waals surface area contributed by atoms with Crippen LogP contribution in [0.25, 0.3) is 0 Å². The van der Waals surface area contributed by atoms with Gasteiger partial charge in [0, 0.05) is 50.5 Å². The molecule has 0 bridgehead atoms. The van der Waals surface area contributed by atoms with Crippen LogP contribution in [0, 0.1) is 12.8 Å². The third-order valence-electron chi connectivity index (χ3n) is 4.86. The van der Waals surface area contributed by atoms with Gasteiger partial charge in [0.1, 0.15) is 5.75 Å². The fourth-order valence-electron chi connectivity index (χ4n) is 3.12. The maximum absolute atomic E-state index is 6.12. The summed E-state index contributed by atoms with van der Waals surface area (Å²) >= 11 is 0. The van der Waals surface area contributed by atoms with Gasteiger partial charge in [0.2, 0.25) is 5.88 Å². The van der Waals surface area contributed by atoms with Crippen LogP contribution < -0.4 is 20.1 Å². The maximum Gasteiger partial charge on any atom is 0.213 e. The highest BCUT2D eigenvalue weighted by Gasteiger charge is 2.17. The summed E-state index contributed by atoms with van der Waals surface area (Å²) < 4.78 is 16.7. The van der Waals surface area contributed by atoms with Crippen molar-refractivity contribution in [1.29, 1.82) is 0 Å². The van der Waals surface area contributed by atoms with E-state index in [1.165, 1.54) is 5.56 Å². The molecule has 0 saturated carbocycles. The largest absolute Gasteiger partial charge is 0.493 e. The van der Waals surface area contributed by atoms with Gasteiger partial charge in [0.25, 0.3) is 0 Å². The van der Waals surface area contributed by atoms with E-state index >= 15 is 0 Å². The van der Waals surface area contributed by atoms with E-state index in [1.54, 1.807) is 20.4 Å². The summed E-state index contributed by atoms with van der Waals surface area (Å²) in [5, 5.41) is 6.67. The molecule has 3 rings (SSSR count). The number of guanidine groups is 1. The zero-order chi connectivity index (χ0) is 20.5. The highest BCUT2D eigenvalue weighted by Crippen LogP contribution is 2.22. The van der Waals surface area contributed by atoms with Gasteiger partial charge in [-0.3, -0.25) is 4.99 Å². The quantitative estimate of drug-likeness (QED) is 0.526. The van der Waals surface area contributed by atoms with E-state index in [2.05, 4.69) is 45.7 Å². The molecule has 0 spiro atoms. The van der Waals surface area contributed by atoms with E-state index in [0.29, 0.717) is 31.5 Å². The van der Waals surface area contributed by atoms with Crippen molar-refractivity contribution in [2.75, 3.05) is 34.0 Å². The minimum atomic E-state index is 0.475. The topological polar surface area (TPSA) is 77.0 Å². The van der Waals surface area contributed by atoms with E-state index in [-0.39, 0.29) is 0 Å². The van der Waals surface area contributed by atoms with Crippen LogP contribution in [0.1, 0.15) is 23.1 Å². The van der Waals surface area contributed by atoms with Crippen molar-refractivity contribution in [3.8, 4) is 11.6 Å². The second kappa shape index (κ2) is 10.7. The molecular formula is C22H30N4O3. The van der Waals surface area contributed by atoms with Gasteiger partial charge in [0.15, 0.2) is 5.96 Å². The molecular weight excluding hydrogens is 368 g/mol. The molecule has 0 amide bonds. The van der Waals surface area contributed by atoms with Crippen LogP contribution in [-0.2, 0) is 17.8 Å². The number of aryl methyl sites for hydroxylation is 1. The number of methoxy groups -OCH3 is 1.